The van der Waals surface area contributed by atoms with Gasteiger partial charge in [-0.2, -0.15) is 0 Å². The first-order valence-corrected chi connectivity index (χ1v) is 7.59. The molecule has 0 spiro atoms. The normalized spacial score (nSPS) is 14.0. The second-order valence-electron chi connectivity index (χ2n) is 4.98. The topological polar surface area (TPSA) is 73.9 Å². The minimum absolute atomic E-state index is 0.0328. The van der Waals surface area contributed by atoms with Gasteiger partial charge in [-0.1, -0.05) is 6.08 Å². The zero-order valence-electron chi connectivity index (χ0n) is 13.2. The van der Waals surface area contributed by atoms with E-state index in [0.717, 1.165) is 0 Å². The molecular formula is C17H21NO5. The summed E-state index contributed by atoms with van der Waals surface area (Å²) in [6.45, 7) is 6.98. The summed E-state index contributed by atoms with van der Waals surface area (Å²) in [6.07, 6.45) is 1.60. The molecule has 2 rings (SSSR count). The van der Waals surface area contributed by atoms with Gasteiger partial charge in [0, 0.05) is 12.1 Å². The number of nitrogens with one attached hydrogen (secondary N) is 1. The maximum Gasteiger partial charge on any atom is 0.307 e. The third kappa shape index (κ3) is 4.56. The molecule has 1 aliphatic rings. The van der Waals surface area contributed by atoms with Crippen molar-refractivity contribution in [3.8, 4) is 11.5 Å². The van der Waals surface area contributed by atoms with Crippen molar-refractivity contribution in [2.45, 2.75) is 19.4 Å². The Morgan fingerprint density at radius 1 is 1.35 bits per heavy atom. The molecule has 0 aliphatic carbocycles. The van der Waals surface area contributed by atoms with Crippen molar-refractivity contribution in [2.75, 3.05) is 26.4 Å². The highest BCUT2D eigenvalue weighted by atomic mass is 16.6. The Morgan fingerprint density at radius 3 is 2.78 bits per heavy atom. The summed E-state index contributed by atoms with van der Waals surface area (Å²) >= 11 is 0. The Kier molecular flexibility index (Phi) is 6.17. The molecule has 1 aromatic rings. The van der Waals surface area contributed by atoms with E-state index in [2.05, 4.69) is 11.9 Å². The van der Waals surface area contributed by atoms with Gasteiger partial charge in [-0.3, -0.25) is 9.59 Å². The van der Waals surface area contributed by atoms with E-state index in [-0.39, 0.29) is 18.8 Å². The molecule has 124 valence electrons. The molecule has 1 aliphatic heterocycles. The van der Waals surface area contributed by atoms with Crippen LogP contribution in [0.1, 0.15) is 23.7 Å². The molecule has 0 bridgehead atoms. The van der Waals surface area contributed by atoms with Crippen molar-refractivity contribution in [2.24, 2.45) is 0 Å². The molecule has 0 aromatic heterocycles. The highest BCUT2D eigenvalue weighted by Gasteiger charge is 2.24. The summed E-state index contributed by atoms with van der Waals surface area (Å²) in [6, 6.07) is 4.35. The van der Waals surface area contributed by atoms with Crippen LogP contribution >= 0.6 is 0 Å². The second kappa shape index (κ2) is 8.33. The summed E-state index contributed by atoms with van der Waals surface area (Å²) < 4.78 is 15.9. The van der Waals surface area contributed by atoms with E-state index >= 15 is 0 Å². The first kappa shape index (κ1) is 17.0. The molecular weight excluding hydrogens is 298 g/mol. The highest BCUT2D eigenvalue weighted by molar-refractivity contribution is 6.02. The number of ether oxygens (including phenoxy) is 3. The Morgan fingerprint density at radius 2 is 2.09 bits per heavy atom. The van der Waals surface area contributed by atoms with Crippen LogP contribution in [0.5, 0.6) is 11.5 Å². The molecule has 1 heterocycles. The Hall–Kier alpha value is -2.34. The number of fused-ring (bicyclic) bond motifs is 1. The van der Waals surface area contributed by atoms with Crippen molar-refractivity contribution < 1.29 is 23.8 Å². The van der Waals surface area contributed by atoms with Crippen molar-refractivity contribution in [1.29, 1.82) is 0 Å². The first-order valence-electron chi connectivity index (χ1n) is 7.59. The molecule has 1 aromatic carbocycles. The van der Waals surface area contributed by atoms with Gasteiger partial charge >= 0.3 is 5.97 Å². The molecule has 0 amide bonds. The fourth-order valence-corrected chi connectivity index (χ4v) is 2.27. The van der Waals surface area contributed by atoms with Gasteiger partial charge in [0.25, 0.3) is 0 Å². The van der Waals surface area contributed by atoms with Gasteiger partial charge in [0.15, 0.2) is 17.3 Å². The SMILES string of the molecule is C=CCNC(CC(=O)OCC)C(=O)c1ccc2c(c1)OCCO2. The zero-order valence-corrected chi connectivity index (χ0v) is 13.2. The third-order valence-corrected chi connectivity index (χ3v) is 3.33. The summed E-state index contributed by atoms with van der Waals surface area (Å²) in [5, 5.41) is 3.00. The predicted octanol–water partition coefficient (Wildman–Crippen LogP) is 1.74. The average Bonchev–Trinajstić information content (AvgIpc) is 2.57. The summed E-state index contributed by atoms with van der Waals surface area (Å²) in [7, 11) is 0. The molecule has 1 unspecified atom stereocenters. The van der Waals surface area contributed by atoms with Crippen LogP contribution in [-0.2, 0) is 9.53 Å². The fraction of sp³-hybridized carbons (Fsp3) is 0.412. The van der Waals surface area contributed by atoms with Gasteiger partial charge in [-0.25, -0.2) is 0 Å². The van der Waals surface area contributed by atoms with Crippen LogP contribution < -0.4 is 14.8 Å². The lowest BCUT2D eigenvalue weighted by Gasteiger charge is -2.20. The van der Waals surface area contributed by atoms with Gasteiger partial charge in [0.05, 0.1) is 19.1 Å². The number of carbonyl (C=O) groups is 2. The van der Waals surface area contributed by atoms with Crippen molar-refractivity contribution >= 4 is 11.8 Å². The van der Waals surface area contributed by atoms with Gasteiger partial charge in [0.2, 0.25) is 0 Å². The number of hydrogen-bond acceptors (Lipinski definition) is 6. The van der Waals surface area contributed by atoms with Crippen LogP contribution in [0.15, 0.2) is 30.9 Å². The van der Waals surface area contributed by atoms with Crippen LogP contribution in [0.4, 0.5) is 0 Å². The van der Waals surface area contributed by atoms with Crippen molar-refractivity contribution in [3.05, 3.63) is 36.4 Å². The number of esters is 1. The first-order chi connectivity index (χ1) is 11.2. The van der Waals surface area contributed by atoms with Crippen LogP contribution in [-0.4, -0.2) is 44.2 Å². The fourth-order valence-electron chi connectivity index (χ4n) is 2.27. The molecule has 23 heavy (non-hydrogen) atoms. The maximum atomic E-state index is 12.7. The molecule has 0 fully saturated rings. The van der Waals surface area contributed by atoms with E-state index in [0.29, 0.717) is 36.8 Å². The summed E-state index contributed by atoms with van der Waals surface area (Å²) in [5.74, 6) is 0.548. The Balaban J connectivity index is 2.14. The van der Waals surface area contributed by atoms with Crippen molar-refractivity contribution in [1.82, 2.24) is 5.32 Å². The predicted molar refractivity (Wildman–Crippen MR) is 85.0 cm³/mol. The number of rotatable bonds is 8. The lowest BCUT2D eigenvalue weighted by Crippen LogP contribution is -2.39. The van der Waals surface area contributed by atoms with Crippen molar-refractivity contribution in [3.63, 3.8) is 0 Å². The largest absolute Gasteiger partial charge is 0.486 e. The van der Waals surface area contributed by atoms with E-state index < -0.39 is 12.0 Å². The quantitative estimate of drug-likeness (QED) is 0.447. The Labute approximate surface area is 135 Å². The molecule has 1 N–H and O–H groups in total. The smallest absolute Gasteiger partial charge is 0.307 e. The monoisotopic (exact) mass is 319 g/mol. The molecule has 0 saturated heterocycles. The van der Waals surface area contributed by atoms with Gasteiger partial charge < -0.3 is 19.5 Å². The van der Waals surface area contributed by atoms with Gasteiger partial charge in [-0.05, 0) is 25.1 Å². The number of ketones is 1. The van der Waals surface area contributed by atoms with E-state index in [1.54, 1.807) is 31.2 Å². The number of carbonyl (C=O) groups excluding carboxylic acids is 2. The third-order valence-electron chi connectivity index (χ3n) is 3.33. The van der Waals surface area contributed by atoms with Gasteiger partial charge in [0.1, 0.15) is 13.2 Å². The van der Waals surface area contributed by atoms with E-state index in [1.807, 2.05) is 0 Å². The molecule has 0 radical (unpaired) electrons. The van der Waals surface area contributed by atoms with Crippen LogP contribution in [0, 0.1) is 0 Å². The van der Waals surface area contributed by atoms with Crippen LogP contribution in [0.25, 0.3) is 0 Å². The summed E-state index contributed by atoms with van der Waals surface area (Å²) in [4.78, 5) is 24.4. The molecule has 6 nitrogen and oxygen atoms in total. The Bertz CT molecular complexity index is 584. The molecule has 6 heteroatoms. The van der Waals surface area contributed by atoms with E-state index in [1.165, 1.54) is 0 Å². The minimum atomic E-state index is -0.672. The lowest BCUT2D eigenvalue weighted by atomic mass is 10.0. The average molecular weight is 319 g/mol. The number of Topliss-reactive ketones (excluding diaryl/α,β-unsaturated/α-hetero) is 1. The van der Waals surface area contributed by atoms with Crippen LogP contribution in [0.3, 0.4) is 0 Å². The standard InChI is InChI=1S/C17H21NO5/c1-3-7-18-13(11-16(19)21-4-2)17(20)12-5-6-14-15(10-12)23-9-8-22-14/h3,5-6,10,13,18H,1,4,7-9,11H2,2H3. The van der Waals surface area contributed by atoms with Gasteiger partial charge in [-0.15, -0.1) is 6.58 Å². The van der Waals surface area contributed by atoms with E-state index in [4.69, 9.17) is 14.2 Å². The van der Waals surface area contributed by atoms with Crippen LogP contribution in [0.2, 0.25) is 0 Å². The molecule has 1 atom stereocenters. The maximum absolute atomic E-state index is 12.7. The molecule has 0 saturated carbocycles. The number of benzene rings is 1. The number of hydrogen-bond donors (Lipinski definition) is 1. The van der Waals surface area contributed by atoms with E-state index in [9.17, 15) is 9.59 Å². The zero-order chi connectivity index (χ0) is 16.7. The highest BCUT2D eigenvalue weighted by Crippen LogP contribution is 2.31. The second-order valence-corrected chi connectivity index (χ2v) is 4.98. The summed E-state index contributed by atoms with van der Waals surface area (Å²) in [5.41, 5.74) is 0.458. The minimum Gasteiger partial charge on any atom is -0.486 e. The lowest BCUT2D eigenvalue weighted by molar-refractivity contribution is -0.143.